The molecule has 1 saturated heterocycles. The average molecular weight is 783 g/mol. The molecule has 2 N–H and O–H groups in total. The van der Waals surface area contributed by atoms with Crippen LogP contribution in [-0.2, 0) is 21.0 Å². The summed E-state index contributed by atoms with van der Waals surface area (Å²) < 4.78 is 35.2. The molecule has 1 aromatic heterocycles. The van der Waals surface area contributed by atoms with E-state index < -0.39 is 63.8 Å². The molecule has 3 aliphatic heterocycles. The van der Waals surface area contributed by atoms with E-state index in [1.54, 1.807) is 4.90 Å². The van der Waals surface area contributed by atoms with Gasteiger partial charge in [-0.1, -0.05) is 88.3 Å². The predicted octanol–water partition coefficient (Wildman–Crippen LogP) is 8.00. The number of carboxylic acids is 1. The number of amides is 2. The number of aromatic nitrogens is 1. The molecular weight excluding hydrogens is 726 g/mol. The quantitative estimate of drug-likeness (QED) is 0.0953. The van der Waals surface area contributed by atoms with Gasteiger partial charge in [0.2, 0.25) is 11.2 Å². The maximum absolute atomic E-state index is 14.4. The van der Waals surface area contributed by atoms with Crippen LogP contribution in [0, 0.1) is 11.6 Å². The zero-order valence-corrected chi connectivity index (χ0v) is 32.7. The van der Waals surface area contributed by atoms with Crippen molar-refractivity contribution in [3.8, 4) is 5.75 Å². The Kier molecular flexibility index (Phi) is 15.2. The molecule has 2 bridgehead atoms. The maximum atomic E-state index is 14.4. The van der Waals surface area contributed by atoms with Crippen molar-refractivity contribution in [3.63, 3.8) is 0 Å². The highest BCUT2D eigenvalue weighted by Crippen LogP contribution is 2.46. The minimum atomic E-state index is -0.938. The van der Waals surface area contributed by atoms with Crippen LogP contribution in [0.4, 0.5) is 8.78 Å². The number of benzene rings is 1. The smallest absolute Gasteiger partial charge is 0.311 e. The number of pyridine rings is 1. The van der Waals surface area contributed by atoms with Gasteiger partial charge in [0.1, 0.15) is 17.2 Å². The molecule has 0 saturated carbocycles. The number of hydrogen-bond donors (Lipinski definition) is 2. The number of fused-ring (bicyclic) bond motifs is 5. The van der Waals surface area contributed by atoms with E-state index in [0.717, 1.165) is 69.6 Å². The molecule has 2 aromatic rings. The number of carbonyl (C=O) groups excluding carboxylic acids is 3. The lowest BCUT2D eigenvalue weighted by Gasteiger charge is -2.42. The minimum absolute atomic E-state index is 0.00804. The summed E-state index contributed by atoms with van der Waals surface area (Å²) in [5, 5.41) is 15.5. The standard InChI is InChI=1S/C42H56F2N4O8/c1-28-24-42(56-46-28)22-21-29(2)47-27-34(42)48-26-32(40(53)45-25-30-19-20-31(43)23-33(30)44)38(52)39(37(48)41(47)54)55-36(51)18-16-14-12-10-8-6-4-3-5-7-9-11-13-15-17-35(49)50/h19-20,23,26,29,34H,3-18,21-22,24-25,27H2,1-2H3,(H,45,53)(H,49,50)/t29-,34+,42-/m0/s1. The zero-order chi connectivity index (χ0) is 40.2. The van der Waals surface area contributed by atoms with Crippen molar-refractivity contribution in [2.24, 2.45) is 5.16 Å². The van der Waals surface area contributed by atoms with Crippen LogP contribution in [0.15, 0.2) is 34.3 Å². The average Bonchev–Trinajstić information content (AvgIpc) is 3.49. The molecule has 56 heavy (non-hydrogen) atoms. The third-order valence-corrected chi connectivity index (χ3v) is 11.4. The monoisotopic (exact) mass is 782 g/mol. The number of hydrogen-bond acceptors (Lipinski definition) is 8. The number of nitrogens with zero attached hydrogens (tertiary/aromatic N) is 3. The number of unbranched alkanes of at least 4 members (excludes halogenated alkanes) is 13. The van der Waals surface area contributed by atoms with Gasteiger partial charge in [0.05, 0.1) is 11.8 Å². The lowest BCUT2D eigenvalue weighted by atomic mass is 9.84. The van der Waals surface area contributed by atoms with Gasteiger partial charge in [0.25, 0.3) is 11.8 Å². The first-order valence-electron chi connectivity index (χ1n) is 20.4. The maximum Gasteiger partial charge on any atom is 0.311 e. The van der Waals surface area contributed by atoms with Crippen LogP contribution in [0.3, 0.4) is 0 Å². The Morgan fingerprint density at radius 2 is 1.55 bits per heavy atom. The van der Waals surface area contributed by atoms with Crippen LogP contribution in [-0.4, -0.2) is 62.2 Å². The van der Waals surface area contributed by atoms with E-state index in [2.05, 4.69) is 10.5 Å². The topological polar surface area (TPSA) is 157 Å². The van der Waals surface area contributed by atoms with Crippen LogP contribution in [0.1, 0.15) is 168 Å². The van der Waals surface area contributed by atoms with Crippen LogP contribution >= 0.6 is 0 Å². The Morgan fingerprint density at radius 1 is 0.946 bits per heavy atom. The molecular formula is C42H56F2N4O8. The van der Waals surface area contributed by atoms with E-state index in [0.29, 0.717) is 31.7 Å². The summed E-state index contributed by atoms with van der Waals surface area (Å²) in [6.07, 6.45) is 17.5. The van der Waals surface area contributed by atoms with Gasteiger partial charge in [-0.2, -0.15) is 0 Å². The van der Waals surface area contributed by atoms with E-state index in [4.69, 9.17) is 14.7 Å². The molecule has 306 valence electrons. The molecule has 0 unspecified atom stereocenters. The third kappa shape index (κ3) is 10.8. The Morgan fingerprint density at radius 3 is 2.12 bits per heavy atom. The highest BCUT2D eigenvalue weighted by molar-refractivity contribution is 6.00. The molecule has 2 amide bonds. The molecule has 3 aliphatic rings. The summed E-state index contributed by atoms with van der Waals surface area (Å²) in [5.74, 6) is -4.92. The fourth-order valence-corrected chi connectivity index (χ4v) is 8.13. The summed E-state index contributed by atoms with van der Waals surface area (Å²) in [7, 11) is 0. The van der Waals surface area contributed by atoms with E-state index in [9.17, 15) is 32.8 Å². The van der Waals surface area contributed by atoms with Gasteiger partial charge in [0, 0.05) is 56.2 Å². The molecule has 12 nitrogen and oxygen atoms in total. The predicted molar refractivity (Wildman–Crippen MR) is 206 cm³/mol. The summed E-state index contributed by atoms with van der Waals surface area (Å²) in [6, 6.07) is 2.19. The summed E-state index contributed by atoms with van der Waals surface area (Å²) >= 11 is 0. The van der Waals surface area contributed by atoms with Gasteiger partial charge < -0.3 is 29.5 Å². The normalized spacial score (nSPS) is 20.0. The van der Waals surface area contributed by atoms with Gasteiger partial charge in [-0.3, -0.25) is 24.0 Å². The van der Waals surface area contributed by atoms with E-state index >= 15 is 0 Å². The summed E-state index contributed by atoms with van der Waals surface area (Å²) in [5.41, 5.74) is -1.55. The minimum Gasteiger partial charge on any atom is -0.481 e. The molecule has 3 atom stereocenters. The zero-order valence-electron chi connectivity index (χ0n) is 32.7. The molecule has 5 rings (SSSR count). The number of nitrogens with one attached hydrogen (secondary N) is 1. The third-order valence-electron chi connectivity index (χ3n) is 11.4. The number of aliphatic carboxylic acids is 1. The number of halogens is 2. The van der Waals surface area contributed by atoms with Gasteiger partial charge in [-0.25, -0.2) is 8.78 Å². The van der Waals surface area contributed by atoms with Crippen molar-refractivity contribution in [3.05, 3.63) is 63.1 Å². The first-order valence-corrected chi connectivity index (χ1v) is 20.4. The molecule has 1 spiro atoms. The number of rotatable bonds is 21. The van der Waals surface area contributed by atoms with Gasteiger partial charge in [-0.15, -0.1) is 0 Å². The lowest BCUT2D eigenvalue weighted by molar-refractivity contribution is -0.137. The largest absolute Gasteiger partial charge is 0.481 e. The van der Waals surface area contributed by atoms with Gasteiger partial charge in [-0.05, 0) is 45.6 Å². The molecule has 1 aromatic carbocycles. The van der Waals surface area contributed by atoms with E-state index in [1.165, 1.54) is 42.5 Å². The number of oxime groups is 1. The highest BCUT2D eigenvalue weighted by Gasteiger charge is 2.54. The first-order chi connectivity index (χ1) is 26.9. The number of esters is 1. The van der Waals surface area contributed by atoms with Crippen molar-refractivity contribution in [1.29, 1.82) is 0 Å². The second-order valence-electron chi connectivity index (χ2n) is 15.7. The van der Waals surface area contributed by atoms with E-state index in [1.807, 2.05) is 13.8 Å². The van der Waals surface area contributed by atoms with Gasteiger partial charge >= 0.3 is 11.9 Å². The highest BCUT2D eigenvalue weighted by atomic mass is 19.1. The van der Waals surface area contributed by atoms with Crippen molar-refractivity contribution in [2.75, 3.05) is 6.54 Å². The van der Waals surface area contributed by atoms with Crippen LogP contribution in [0.25, 0.3) is 0 Å². The first kappa shape index (κ1) is 42.5. The van der Waals surface area contributed by atoms with Crippen molar-refractivity contribution in [2.45, 2.75) is 160 Å². The van der Waals surface area contributed by atoms with Crippen molar-refractivity contribution >= 4 is 29.5 Å². The summed E-state index contributed by atoms with van der Waals surface area (Å²) in [4.78, 5) is 73.4. The van der Waals surface area contributed by atoms with Crippen LogP contribution in [0.2, 0.25) is 0 Å². The van der Waals surface area contributed by atoms with Gasteiger partial charge in [0.15, 0.2) is 11.3 Å². The van der Waals surface area contributed by atoms with Crippen LogP contribution in [0.5, 0.6) is 5.75 Å². The Balaban J connectivity index is 1.20. The second kappa shape index (κ2) is 20.0. The number of carbonyl (C=O) groups is 4. The SMILES string of the molecule is CC1=NO[C@@]2(CC[C@H](C)N3C[C@H]2n2cc(C(=O)NCc4ccc(F)cc4F)c(=O)c(OC(=O)CCCCCCCCCCCCCCCCC(=O)O)c2C3=O)C1. The van der Waals surface area contributed by atoms with E-state index in [-0.39, 0.29) is 43.2 Å². The molecule has 0 aliphatic carbocycles. The Labute approximate surface area is 327 Å². The molecule has 14 heteroatoms. The Hall–Kier alpha value is -4.62. The number of carboxylic acid groups (broad SMARTS) is 1. The molecule has 4 heterocycles. The van der Waals surface area contributed by atoms with Crippen LogP contribution < -0.4 is 15.5 Å². The number of ether oxygens (including phenoxy) is 1. The summed E-state index contributed by atoms with van der Waals surface area (Å²) in [6.45, 7) is 3.66. The fourth-order valence-electron chi connectivity index (χ4n) is 8.13. The molecule has 0 radical (unpaired) electrons. The fraction of sp³-hybridized carbons (Fsp3) is 0.619. The Bertz CT molecular complexity index is 1830. The lowest BCUT2D eigenvalue weighted by Crippen LogP contribution is -2.52. The molecule has 1 fully saturated rings. The second-order valence-corrected chi connectivity index (χ2v) is 15.7. The van der Waals surface area contributed by atoms with Crippen molar-refractivity contribution < 1.29 is 42.6 Å². The van der Waals surface area contributed by atoms with Crippen molar-refractivity contribution in [1.82, 2.24) is 14.8 Å².